The molecule has 0 amide bonds. The molecule has 1 heterocycles. The quantitative estimate of drug-likeness (QED) is 0.454. The highest BCUT2D eigenvalue weighted by molar-refractivity contribution is 5.83. The van der Waals surface area contributed by atoms with Crippen molar-refractivity contribution in [2.45, 2.75) is 12.8 Å². The standard InChI is InChI=1S/C23H30N4O2/c1-24-23(25-13-11-18-16-26-20-8-6-5-7-19(18)20)27(2)14-12-17-9-10-21(28-3)22(15-17)29-4/h5-10,15-16,26H,11-14H2,1-4H3,(H,24,25). The fourth-order valence-corrected chi connectivity index (χ4v) is 3.47. The van der Waals surface area contributed by atoms with Crippen LogP contribution in [0.2, 0.25) is 0 Å². The molecule has 29 heavy (non-hydrogen) atoms. The van der Waals surface area contributed by atoms with Gasteiger partial charge in [-0.25, -0.2) is 0 Å². The number of guanidine groups is 1. The fraction of sp³-hybridized carbons (Fsp3) is 0.348. The van der Waals surface area contributed by atoms with Crippen molar-refractivity contribution in [1.29, 1.82) is 0 Å². The molecule has 0 unspecified atom stereocenters. The Morgan fingerprint density at radius 1 is 1.07 bits per heavy atom. The van der Waals surface area contributed by atoms with E-state index in [1.165, 1.54) is 22.0 Å². The van der Waals surface area contributed by atoms with E-state index in [4.69, 9.17) is 9.47 Å². The van der Waals surface area contributed by atoms with Crippen molar-refractivity contribution in [3.63, 3.8) is 0 Å². The number of para-hydroxylation sites is 1. The average molecular weight is 395 g/mol. The highest BCUT2D eigenvalue weighted by atomic mass is 16.5. The van der Waals surface area contributed by atoms with Gasteiger partial charge in [0.05, 0.1) is 14.2 Å². The largest absolute Gasteiger partial charge is 0.493 e. The molecule has 154 valence electrons. The van der Waals surface area contributed by atoms with Crippen LogP contribution in [0.15, 0.2) is 53.7 Å². The molecule has 0 radical (unpaired) electrons. The molecule has 2 aromatic carbocycles. The Bertz CT molecular complexity index is 964. The first-order chi connectivity index (χ1) is 14.2. The summed E-state index contributed by atoms with van der Waals surface area (Å²) in [5.41, 5.74) is 3.69. The summed E-state index contributed by atoms with van der Waals surface area (Å²) in [7, 11) is 7.19. The summed E-state index contributed by atoms with van der Waals surface area (Å²) in [6, 6.07) is 14.4. The average Bonchev–Trinajstić information content (AvgIpc) is 3.18. The molecule has 0 spiro atoms. The van der Waals surface area contributed by atoms with E-state index in [0.29, 0.717) is 0 Å². The maximum Gasteiger partial charge on any atom is 0.193 e. The van der Waals surface area contributed by atoms with Gasteiger partial charge in [-0.15, -0.1) is 0 Å². The number of methoxy groups -OCH3 is 2. The molecule has 0 bridgehead atoms. The maximum absolute atomic E-state index is 5.39. The lowest BCUT2D eigenvalue weighted by molar-refractivity contribution is 0.354. The van der Waals surface area contributed by atoms with Crippen LogP contribution < -0.4 is 14.8 Å². The van der Waals surface area contributed by atoms with Crippen LogP contribution in [0, 0.1) is 0 Å². The number of hydrogen-bond donors (Lipinski definition) is 2. The van der Waals surface area contributed by atoms with Gasteiger partial charge < -0.3 is 24.7 Å². The molecule has 0 atom stereocenters. The van der Waals surface area contributed by atoms with Crippen molar-refractivity contribution < 1.29 is 9.47 Å². The Morgan fingerprint density at radius 3 is 2.62 bits per heavy atom. The molecule has 3 rings (SSSR count). The molecule has 0 aliphatic heterocycles. The third-order valence-corrected chi connectivity index (χ3v) is 5.11. The lowest BCUT2D eigenvalue weighted by atomic mass is 10.1. The van der Waals surface area contributed by atoms with Gasteiger partial charge in [0.1, 0.15) is 0 Å². The van der Waals surface area contributed by atoms with Crippen LogP contribution >= 0.6 is 0 Å². The third-order valence-electron chi connectivity index (χ3n) is 5.11. The van der Waals surface area contributed by atoms with E-state index in [1.807, 2.05) is 19.2 Å². The van der Waals surface area contributed by atoms with E-state index in [2.05, 4.69) is 63.8 Å². The summed E-state index contributed by atoms with van der Waals surface area (Å²) in [5.74, 6) is 2.40. The van der Waals surface area contributed by atoms with Gasteiger partial charge in [0.25, 0.3) is 0 Å². The number of aromatic amines is 1. The van der Waals surface area contributed by atoms with Crippen LogP contribution in [0.3, 0.4) is 0 Å². The third kappa shape index (κ3) is 5.02. The zero-order valence-corrected chi connectivity index (χ0v) is 17.7. The maximum atomic E-state index is 5.39. The van der Waals surface area contributed by atoms with Gasteiger partial charge in [0.2, 0.25) is 0 Å². The van der Waals surface area contributed by atoms with Crippen molar-refractivity contribution in [1.82, 2.24) is 15.2 Å². The van der Waals surface area contributed by atoms with Crippen LogP contribution in [0.4, 0.5) is 0 Å². The fourth-order valence-electron chi connectivity index (χ4n) is 3.47. The van der Waals surface area contributed by atoms with Crippen molar-refractivity contribution >= 4 is 16.9 Å². The molecule has 2 N–H and O–H groups in total. The highest BCUT2D eigenvalue weighted by Crippen LogP contribution is 2.27. The van der Waals surface area contributed by atoms with E-state index >= 15 is 0 Å². The van der Waals surface area contributed by atoms with Crippen LogP contribution in [-0.4, -0.2) is 57.2 Å². The molecule has 0 fully saturated rings. The highest BCUT2D eigenvalue weighted by Gasteiger charge is 2.09. The molecule has 0 aliphatic carbocycles. The molecule has 3 aromatic rings. The Kier molecular flexibility index (Phi) is 7.00. The second-order valence-corrected chi connectivity index (χ2v) is 6.94. The minimum atomic E-state index is 0.749. The minimum absolute atomic E-state index is 0.749. The predicted molar refractivity (Wildman–Crippen MR) is 119 cm³/mol. The number of nitrogens with zero attached hydrogens (tertiary/aromatic N) is 2. The molecule has 0 saturated heterocycles. The number of fused-ring (bicyclic) bond motifs is 1. The Labute approximate surface area is 172 Å². The lowest BCUT2D eigenvalue weighted by Gasteiger charge is -2.22. The Balaban J connectivity index is 1.52. The van der Waals surface area contributed by atoms with Crippen molar-refractivity contribution in [2.24, 2.45) is 4.99 Å². The van der Waals surface area contributed by atoms with Gasteiger partial charge in [-0.3, -0.25) is 4.99 Å². The van der Waals surface area contributed by atoms with Gasteiger partial charge in [-0.1, -0.05) is 24.3 Å². The number of ether oxygens (including phenoxy) is 2. The number of H-pyrrole nitrogens is 1. The van der Waals surface area contributed by atoms with Crippen LogP contribution in [0.5, 0.6) is 11.5 Å². The summed E-state index contributed by atoms with van der Waals surface area (Å²) >= 11 is 0. The van der Waals surface area contributed by atoms with Crippen molar-refractivity contribution in [3.8, 4) is 11.5 Å². The number of aromatic nitrogens is 1. The van der Waals surface area contributed by atoms with E-state index in [9.17, 15) is 0 Å². The van der Waals surface area contributed by atoms with E-state index < -0.39 is 0 Å². The van der Waals surface area contributed by atoms with E-state index in [-0.39, 0.29) is 0 Å². The Morgan fingerprint density at radius 2 is 1.86 bits per heavy atom. The molecule has 0 aliphatic rings. The normalized spacial score (nSPS) is 11.5. The first kappa shape index (κ1) is 20.6. The number of hydrogen-bond acceptors (Lipinski definition) is 3. The SMILES string of the molecule is CN=C(NCCc1c[nH]c2ccccc12)N(C)CCc1ccc(OC)c(OC)c1. The molecule has 0 saturated carbocycles. The second-order valence-electron chi connectivity index (χ2n) is 6.94. The molecular formula is C23H30N4O2. The van der Waals surface area contributed by atoms with Crippen LogP contribution in [0.25, 0.3) is 10.9 Å². The predicted octanol–water partition coefficient (Wildman–Crippen LogP) is 3.48. The van der Waals surface area contributed by atoms with E-state index in [0.717, 1.165) is 43.4 Å². The molecule has 6 heteroatoms. The zero-order valence-electron chi connectivity index (χ0n) is 17.7. The first-order valence-electron chi connectivity index (χ1n) is 9.84. The summed E-state index contributed by atoms with van der Waals surface area (Å²) in [6.45, 7) is 1.68. The number of nitrogens with one attached hydrogen (secondary N) is 2. The summed E-state index contributed by atoms with van der Waals surface area (Å²) in [5, 5.41) is 4.75. The van der Waals surface area contributed by atoms with Crippen molar-refractivity contribution in [3.05, 3.63) is 59.8 Å². The van der Waals surface area contributed by atoms with Crippen LogP contribution in [-0.2, 0) is 12.8 Å². The van der Waals surface area contributed by atoms with Gasteiger partial charge >= 0.3 is 0 Å². The van der Waals surface area contributed by atoms with Crippen LogP contribution in [0.1, 0.15) is 11.1 Å². The zero-order chi connectivity index (χ0) is 20.6. The summed E-state index contributed by atoms with van der Waals surface area (Å²) in [4.78, 5) is 9.90. The lowest BCUT2D eigenvalue weighted by Crippen LogP contribution is -2.40. The summed E-state index contributed by atoms with van der Waals surface area (Å²) in [6.07, 6.45) is 3.92. The van der Waals surface area contributed by atoms with Crippen molar-refractivity contribution in [2.75, 3.05) is 41.4 Å². The molecular weight excluding hydrogens is 364 g/mol. The number of rotatable bonds is 8. The molecule has 1 aromatic heterocycles. The van der Waals surface area contributed by atoms with Gasteiger partial charge in [0, 0.05) is 44.3 Å². The first-order valence-corrected chi connectivity index (χ1v) is 9.84. The summed E-state index contributed by atoms with van der Waals surface area (Å²) < 4.78 is 10.7. The number of benzene rings is 2. The number of likely N-dealkylation sites (N-methyl/N-ethyl adjacent to an activating group) is 1. The Hall–Kier alpha value is -3.15. The molecule has 6 nitrogen and oxygen atoms in total. The van der Waals surface area contributed by atoms with Gasteiger partial charge in [-0.05, 0) is 42.2 Å². The minimum Gasteiger partial charge on any atom is -0.493 e. The van der Waals surface area contributed by atoms with E-state index in [1.54, 1.807) is 14.2 Å². The second kappa shape index (κ2) is 9.87. The topological polar surface area (TPSA) is 61.9 Å². The number of aliphatic imine (C=N–C) groups is 1. The van der Waals surface area contributed by atoms with Gasteiger partial charge in [-0.2, -0.15) is 0 Å². The monoisotopic (exact) mass is 394 g/mol. The van der Waals surface area contributed by atoms with Gasteiger partial charge in [0.15, 0.2) is 17.5 Å². The smallest absolute Gasteiger partial charge is 0.193 e.